The van der Waals surface area contributed by atoms with E-state index in [0.29, 0.717) is 17.7 Å². The van der Waals surface area contributed by atoms with Gasteiger partial charge in [0.1, 0.15) is 11.6 Å². The van der Waals surface area contributed by atoms with Crippen molar-refractivity contribution in [2.45, 2.75) is 6.54 Å². The van der Waals surface area contributed by atoms with Gasteiger partial charge >= 0.3 is 0 Å². The smallest absolute Gasteiger partial charge is 0.170 e. The molecule has 1 N–H and O–H groups in total. The molecule has 0 aliphatic carbocycles. The highest BCUT2D eigenvalue weighted by Crippen LogP contribution is 2.31. The Morgan fingerprint density at radius 3 is 2.70 bits per heavy atom. The van der Waals surface area contributed by atoms with Gasteiger partial charge in [0.05, 0.1) is 0 Å². The van der Waals surface area contributed by atoms with E-state index in [1.807, 2.05) is 0 Å². The van der Waals surface area contributed by atoms with Gasteiger partial charge in [0, 0.05) is 17.5 Å². The van der Waals surface area contributed by atoms with Crippen LogP contribution in [0.2, 0.25) is 0 Å². The monoisotopic (exact) mass is 273 g/mol. The van der Waals surface area contributed by atoms with Crippen molar-refractivity contribution in [3.8, 4) is 11.3 Å². The number of halogens is 2. The average Bonchev–Trinajstić information content (AvgIpc) is 2.84. The van der Waals surface area contributed by atoms with Gasteiger partial charge in [0.15, 0.2) is 11.4 Å². The Labute approximate surface area is 115 Å². The van der Waals surface area contributed by atoms with Gasteiger partial charge in [0.25, 0.3) is 0 Å². The second kappa shape index (κ2) is 5.06. The van der Waals surface area contributed by atoms with Gasteiger partial charge in [-0.2, -0.15) is 0 Å². The van der Waals surface area contributed by atoms with Gasteiger partial charge in [-0.15, -0.1) is 0 Å². The van der Waals surface area contributed by atoms with E-state index in [4.69, 9.17) is 4.42 Å². The van der Waals surface area contributed by atoms with Crippen LogP contribution in [0.15, 0.2) is 46.9 Å². The highest BCUT2D eigenvalue weighted by atomic mass is 19.1. The van der Waals surface area contributed by atoms with Gasteiger partial charge in [0.2, 0.25) is 0 Å². The number of benzene rings is 2. The summed E-state index contributed by atoms with van der Waals surface area (Å²) in [5, 5.41) is 3.68. The summed E-state index contributed by atoms with van der Waals surface area (Å²) in [4.78, 5) is 0. The fourth-order valence-corrected chi connectivity index (χ4v) is 2.30. The van der Waals surface area contributed by atoms with Crippen molar-refractivity contribution < 1.29 is 13.2 Å². The van der Waals surface area contributed by atoms with Crippen LogP contribution < -0.4 is 5.32 Å². The molecular formula is C16H13F2NO. The van der Waals surface area contributed by atoms with E-state index in [1.54, 1.807) is 31.3 Å². The number of fused-ring (bicyclic) bond motifs is 1. The van der Waals surface area contributed by atoms with E-state index in [-0.39, 0.29) is 11.4 Å². The van der Waals surface area contributed by atoms with Gasteiger partial charge in [-0.3, -0.25) is 0 Å². The number of hydrogen-bond acceptors (Lipinski definition) is 2. The lowest BCUT2D eigenvalue weighted by atomic mass is 10.0. The molecule has 2 aromatic carbocycles. The number of hydrogen-bond donors (Lipinski definition) is 1. The molecule has 102 valence electrons. The van der Waals surface area contributed by atoms with Crippen LogP contribution in [0.5, 0.6) is 0 Å². The van der Waals surface area contributed by atoms with Crippen molar-refractivity contribution in [1.82, 2.24) is 5.32 Å². The second-order valence-corrected chi connectivity index (χ2v) is 4.60. The summed E-state index contributed by atoms with van der Waals surface area (Å²) in [6, 6.07) is 11.0. The zero-order valence-electron chi connectivity index (χ0n) is 10.9. The first-order valence-electron chi connectivity index (χ1n) is 6.30. The van der Waals surface area contributed by atoms with E-state index in [2.05, 4.69) is 5.32 Å². The van der Waals surface area contributed by atoms with Crippen molar-refractivity contribution in [1.29, 1.82) is 0 Å². The Bertz CT molecular complexity index is 764. The van der Waals surface area contributed by atoms with E-state index in [1.165, 1.54) is 18.2 Å². The summed E-state index contributed by atoms with van der Waals surface area (Å²) >= 11 is 0. The standard InChI is InChI=1S/C16H13F2NO/c1-19-9-11-7-12(17)5-6-13(11)15-8-10-3-2-4-14(18)16(10)20-15/h2-8,19H,9H2,1H3. The van der Waals surface area contributed by atoms with Crippen molar-refractivity contribution in [3.05, 3.63) is 59.7 Å². The summed E-state index contributed by atoms with van der Waals surface area (Å²) in [7, 11) is 1.78. The van der Waals surface area contributed by atoms with Crippen LogP contribution in [0.1, 0.15) is 5.56 Å². The van der Waals surface area contributed by atoms with Gasteiger partial charge < -0.3 is 9.73 Å². The van der Waals surface area contributed by atoms with Gasteiger partial charge in [-0.05, 0) is 42.9 Å². The van der Waals surface area contributed by atoms with Crippen molar-refractivity contribution in [3.63, 3.8) is 0 Å². The van der Waals surface area contributed by atoms with E-state index < -0.39 is 5.82 Å². The Morgan fingerprint density at radius 2 is 1.95 bits per heavy atom. The zero-order chi connectivity index (χ0) is 14.1. The van der Waals surface area contributed by atoms with Crippen LogP contribution in [0, 0.1) is 11.6 Å². The molecular weight excluding hydrogens is 260 g/mol. The molecule has 1 aromatic heterocycles. The summed E-state index contributed by atoms with van der Waals surface area (Å²) in [5.74, 6) is -0.164. The molecule has 0 unspecified atom stereocenters. The first-order chi connectivity index (χ1) is 9.69. The molecule has 4 heteroatoms. The predicted molar refractivity (Wildman–Crippen MR) is 74.3 cm³/mol. The molecule has 0 aliphatic rings. The minimum Gasteiger partial charge on any atom is -0.453 e. The molecule has 0 atom stereocenters. The number of nitrogens with one attached hydrogen (secondary N) is 1. The quantitative estimate of drug-likeness (QED) is 0.777. The van der Waals surface area contributed by atoms with Crippen LogP contribution in [-0.4, -0.2) is 7.05 Å². The fraction of sp³-hybridized carbons (Fsp3) is 0.125. The van der Waals surface area contributed by atoms with Crippen LogP contribution in [0.3, 0.4) is 0 Å². The summed E-state index contributed by atoms with van der Waals surface area (Å²) < 4.78 is 32.6. The number of furan rings is 1. The molecule has 0 bridgehead atoms. The minimum atomic E-state index is -0.397. The van der Waals surface area contributed by atoms with Crippen LogP contribution >= 0.6 is 0 Å². The second-order valence-electron chi connectivity index (χ2n) is 4.60. The summed E-state index contributed by atoms with van der Waals surface area (Å²) in [6.07, 6.45) is 0. The average molecular weight is 273 g/mol. The zero-order valence-corrected chi connectivity index (χ0v) is 10.9. The molecule has 0 saturated heterocycles. The Kier molecular flexibility index (Phi) is 3.24. The fourth-order valence-electron chi connectivity index (χ4n) is 2.30. The number of para-hydroxylation sites is 1. The molecule has 0 radical (unpaired) electrons. The largest absolute Gasteiger partial charge is 0.453 e. The maximum absolute atomic E-state index is 13.7. The minimum absolute atomic E-state index is 0.224. The lowest BCUT2D eigenvalue weighted by Crippen LogP contribution is -2.06. The third-order valence-electron chi connectivity index (χ3n) is 3.20. The first kappa shape index (κ1) is 12.8. The summed E-state index contributed by atoms with van der Waals surface area (Å²) in [6.45, 7) is 0.507. The Balaban J connectivity index is 2.17. The maximum atomic E-state index is 13.7. The topological polar surface area (TPSA) is 25.2 Å². The lowest BCUT2D eigenvalue weighted by molar-refractivity contribution is 0.567. The predicted octanol–water partition coefficient (Wildman–Crippen LogP) is 4.10. The van der Waals surface area contributed by atoms with Crippen LogP contribution in [-0.2, 0) is 6.54 Å². The molecule has 3 rings (SSSR count). The van der Waals surface area contributed by atoms with Crippen molar-refractivity contribution in [2.75, 3.05) is 7.05 Å². The summed E-state index contributed by atoms with van der Waals surface area (Å²) in [5.41, 5.74) is 1.76. The molecule has 20 heavy (non-hydrogen) atoms. The SMILES string of the molecule is CNCc1cc(F)ccc1-c1cc2cccc(F)c2o1. The van der Waals surface area contributed by atoms with Gasteiger partial charge in [-0.25, -0.2) is 8.78 Å². The lowest BCUT2D eigenvalue weighted by Gasteiger charge is -2.06. The number of rotatable bonds is 3. The Morgan fingerprint density at radius 1 is 1.10 bits per heavy atom. The first-order valence-corrected chi connectivity index (χ1v) is 6.30. The molecule has 0 aliphatic heterocycles. The molecule has 0 spiro atoms. The van der Waals surface area contributed by atoms with E-state index in [9.17, 15) is 8.78 Å². The van der Waals surface area contributed by atoms with Gasteiger partial charge in [-0.1, -0.05) is 12.1 Å². The van der Waals surface area contributed by atoms with Crippen LogP contribution in [0.4, 0.5) is 8.78 Å². The van der Waals surface area contributed by atoms with E-state index >= 15 is 0 Å². The maximum Gasteiger partial charge on any atom is 0.170 e. The molecule has 0 amide bonds. The normalized spacial score (nSPS) is 11.2. The highest BCUT2D eigenvalue weighted by Gasteiger charge is 2.13. The molecule has 2 nitrogen and oxygen atoms in total. The Hall–Kier alpha value is -2.20. The van der Waals surface area contributed by atoms with Crippen LogP contribution in [0.25, 0.3) is 22.3 Å². The third kappa shape index (κ3) is 2.18. The third-order valence-corrected chi connectivity index (χ3v) is 3.20. The molecule has 0 fully saturated rings. The molecule has 0 saturated carbocycles. The molecule has 1 heterocycles. The van der Waals surface area contributed by atoms with Crippen molar-refractivity contribution >= 4 is 11.0 Å². The van der Waals surface area contributed by atoms with Crippen molar-refractivity contribution in [2.24, 2.45) is 0 Å². The van der Waals surface area contributed by atoms with E-state index in [0.717, 1.165) is 11.1 Å². The highest BCUT2D eigenvalue weighted by molar-refractivity contribution is 5.83. The molecule has 3 aromatic rings.